The number of hydrogen-bond donors (Lipinski definition) is 0. The Morgan fingerprint density at radius 1 is 0.615 bits per heavy atom. The van der Waals surface area contributed by atoms with Gasteiger partial charge in [-0.3, -0.25) is 0 Å². The van der Waals surface area contributed by atoms with Gasteiger partial charge in [0, 0.05) is 29.6 Å². The van der Waals surface area contributed by atoms with Gasteiger partial charge in [0.15, 0.2) is 0 Å². The molecular weight excluding hydrogens is 316 g/mol. The van der Waals surface area contributed by atoms with Crippen molar-refractivity contribution in [3.8, 4) is 22.3 Å². The van der Waals surface area contributed by atoms with Crippen LogP contribution in [-0.2, 0) is 7.05 Å². The van der Waals surface area contributed by atoms with Crippen molar-refractivity contribution in [2.45, 2.75) is 0 Å². The van der Waals surface area contributed by atoms with Crippen LogP contribution >= 0.6 is 0 Å². The van der Waals surface area contributed by atoms with Gasteiger partial charge in [-0.15, -0.1) is 0 Å². The summed E-state index contributed by atoms with van der Waals surface area (Å²) in [5.41, 5.74) is 7.19. The molecule has 2 heteroatoms. The predicted molar refractivity (Wildman–Crippen MR) is 109 cm³/mol. The van der Waals surface area contributed by atoms with E-state index in [2.05, 4.69) is 89.4 Å². The molecule has 0 saturated heterocycles. The van der Waals surface area contributed by atoms with Gasteiger partial charge in [-0.05, 0) is 28.8 Å². The molecule has 0 aliphatic rings. The number of rotatable bonds is 2. The normalized spacial score (nSPS) is 11.3. The monoisotopic (exact) mass is 334 g/mol. The lowest BCUT2D eigenvalue weighted by atomic mass is 9.98. The molecule has 0 spiro atoms. The second-order valence-electron chi connectivity index (χ2n) is 6.58. The molecule has 0 aliphatic heterocycles. The first-order valence-electron chi connectivity index (χ1n) is 8.81. The summed E-state index contributed by atoms with van der Waals surface area (Å²) in [6.45, 7) is 0. The zero-order chi connectivity index (χ0) is 17.5. The summed E-state index contributed by atoms with van der Waals surface area (Å²) in [5, 5.41) is 2.45. The lowest BCUT2D eigenvalue weighted by Gasteiger charge is -2.08. The number of nitrogens with zero attached hydrogens (tertiary/aromatic N) is 2. The zero-order valence-corrected chi connectivity index (χ0v) is 14.6. The van der Waals surface area contributed by atoms with Crippen molar-refractivity contribution in [3.63, 3.8) is 0 Å². The van der Waals surface area contributed by atoms with Crippen LogP contribution in [0.2, 0.25) is 0 Å². The van der Waals surface area contributed by atoms with Crippen molar-refractivity contribution in [2.24, 2.45) is 7.05 Å². The average molecular weight is 334 g/mol. The highest BCUT2D eigenvalue weighted by Gasteiger charge is 2.13. The van der Waals surface area contributed by atoms with E-state index >= 15 is 0 Å². The highest BCUT2D eigenvalue weighted by molar-refractivity contribution is 6.11. The van der Waals surface area contributed by atoms with Gasteiger partial charge >= 0.3 is 0 Å². The summed E-state index contributed by atoms with van der Waals surface area (Å²) in [4.78, 5) is 4.57. The van der Waals surface area contributed by atoms with Gasteiger partial charge in [0.05, 0.1) is 5.52 Å². The minimum absolute atomic E-state index is 1.02. The van der Waals surface area contributed by atoms with E-state index in [1.807, 2.05) is 18.3 Å². The molecule has 0 fully saturated rings. The molecule has 124 valence electrons. The molecule has 0 N–H and O–H groups in total. The number of benzene rings is 3. The molecule has 26 heavy (non-hydrogen) atoms. The standard InChI is InChI=1S/C24H18N2/c1-26-23-20(9-5-10-21(23)22-11-6-16-25-24(22)26)19-14-12-18(13-15-19)17-7-3-2-4-8-17/h2-16H,1H3. The molecule has 2 heterocycles. The van der Waals surface area contributed by atoms with Crippen molar-refractivity contribution in [3.05, 3.63) is 91.1 Å². The number of aryl methyl sites for hydroxylation is 1. The Morgan fingerprint density at radius 2 is 1.31 bits per heavy atom. The van der Waals surface area contributed by atoms with E-state index in [0.29, 0.717) is 0 Å². The maximum absolute atomic E-state index is 4.57. The number of aromatic nitrogens is 2. The second-order valence-corrected chi connectivity index (χ2v) is 6.58. The fraction of sp³-hybridized carbons (Fsp3) is 0.0417. The van der Waals surface area contributed by atoms with Crippen molar-refractivity contribution < 1.29 is 0 Å². The number of pyridine rings is 1. The van der Waals surface area contributed by atoms with Crippen molar-refractivity contribution in [2.75, 3.05) is 0 Å². The topological polar surface area (TPSA) is 17.8 Å². The largest absolute Gasteiger partial charge is 0.328 e. The van der Waals surface area contributed by atoms with E-state index in [0.717, 1.165) is 5.65 Å². The summed E-state index contributed by atoms with van der Waals surface area (Å²) >= 11 is 0. The summed E-state index contributed by atoms with van der Waals surface area (Å²) in [7, 11) is 2.10. The Morgan fingerprint density at radius 3 is 2.12 bits per heavy atom. The average Bonchev–Trinajstić information content (AvgIpc) is 3.02. The smallest absolute Gasteiger partial charge is 0.140 e. The zero-order valence-electron chi connectivity index (χ0n) is 14.6. The van der Waals surface area contributed by atoms with Crippen LogP contribution in [0.3, 0.4) is 0 Å². The number of hydrogen-bond acceptors (Lipinski definition) is 1. The molecule has 5 rings (SSSR count). The van der Waals surface area contributed by atoms with Crippen LogP contribution in [0.4, 0.5) is 0 Å². The summed E-state index contributed by atoms with van der Waals surface area (Å²) in [6.07, 6.45) is 1.86. The summed E-state index contributed by atoms with van der Waals surface area (Å²) < 4.78 is 2.20. The quantitative estimate of drug-likeness (QED) is 0.383. The van der Waals surface area contributed by atoms with Gasteiger partial charge in [0.2, 0.25) is 0 Å². The number of fused-ring (bicyclic) bond motifs is 3. The van der Waals surface area contributed by atoms with Crippen molar-refractivity contribution in [1.82, 2.24) is 9.55 Å². The number of para-hydroxylation sites is 1. The molecule has 0 saturated carbocycles. The van der Waals surface area contributed by atoms with E-state index in [9.17, 15) is 0 Å². The van der Waals surface area contributed by atoms with E-state index in [1.165, 1.54) is 38.5 Å². The lowest BCUT2D eigenvalue weighted by molar-refractivity contribution is 0.990. The molecule has 2 nitrogen and oxygen atoms in total. The molecule has 0 amide bonds. The van der Waals surface area contributed by atoms with Gasteiger partial charge in [-0.25, -0.2) is 4.98 Å². The van der Waals surface area contributed by atoms with Crippen molar-refractivity contribution in [1.29, 1.82) is 0 Å². The van der Waals surface area contributed by atoms with Crippen LogP contribution in [-0.4, -0.2) is 9.55 Å². The van der Waals surface area contributed by atoms with Crippen LogP contribution in [0.1, 0.15) is 0 Å². The third kappa shape index (κ3) is 2.23. The lowest BCUT2D eigenvalue weighted by Crippen LogP contribution is -1.91. The van der Waals surface area contributed by atoms with Crippen LogP contribution in [0, 0.1) is 0 Å². The molecule has 0 unspecified atom stereocenters. The molecule has 0 bridgehead atoms. The molecule has 5 aromatic rings. The van der Waals surface area contributed by atoms with E-state index in [1.54, 1.807) is 0 Å². The van der Waals surface area contributed by atoms with Crippen LogP contribution in [0.15, 0.2) is 91.1 Å². The van der Waals surface area contributed by atoms with Gasteiger partial charge < -0.3 is 4.57 Å². The third-order valence-electron chi connectivity index (χ3n) is 5.07. The summed E-state index contributed by atoms with van der Waals surface area (Å²) in [6, 6.07) is 30.0. The molecule has 0 atom stereocenters. The Bertz CT molecular complexity index is 1220. The minimum Gasteiger partial charge on any atom is -0.328 e. The van der Waals surface area contributed by atoms with Crippen LogP contribution < -0.4 is 0 Å². The van der Waals surface area contributed by atoms with Crippen LogP contribution in [0.5, 0.6) is 0 Å². The minimum atomic E-state index is 1.02. The Kier molecular flexibility index (Phi) is 3.36. The van der Waals surface area contributed by atoms with Crippen LogP contribution in [0.25, 0.3) is 44.2 Å². The third-order valence-corrected chi connectivity index (χ3v) is 5.07. The first-order chi connectivity index (χ1) is 12.8. The fourth-order valence-electron chi connectivity index (χ4n) is 3.81. The Hall–Kier alpha value is -3.39. The van der Waals surface area contributed by atoms with Gasteiger partial charge in [-0.1, -0.05) is 72.8 Å². The van der Waals surface area contributed by atoms with E-state index in [-0.39, 0.29) is 0 Å². The van der Waals surface area contributed by atoms with Gasteiger partial charge in [0.1, 0.15) is 5.65 Å². The van der Waals surface area contributed by atoms with E-state index in [4.69, 9.17) is 0 Å². The molecule has 2 aromatic heterocycles. The SMILES string of the molecule is Cn1c2ncccc2c2cccc(-c3ccc(-c4ccccc4)cc3)c21. The highest BCUT2D eigenvalue weighted by Crippen LogP contribution is 2.35. The first-order valence-corrected chi connectivity index (χ1v) is 8.81. The maximum Gasteiger partial charge on any atom is 0.140 e. The maximum atomic E-state index is 4.57. The Balaban J connectivity index is 1.70. The predicted octanol–water partition coefficient (Wildman–Crippen LogP) is 6.06. The van der Waals surface area contributed by atoms with E-state index < -0.39 is 0 Å². The molecule has 0 radical (unpaired) electrons. The van der Waals surface area contributed by atoms with Crippen molar-refractivity contribution >= 4 is 21.9 Å². The molecule has 3 aromatic carbocycles. The Labute approximate surface area is 152 Å². The second kappa shape index (κ2) is 5.85. The molecule has 0 aliphatic carbocycles. The highest BCUT2D eigenvalue weighted by atomic mass is 15.0. The first kappa shape index (κ1) is 14.9. The summed E-state index contributed by atoms with van der Waals surface area (Å²) in [5.74, 6) is 0. The fourth-order valence-corrected chi connectivity index (χ4v) is 3.81. The van der Waals surface area contributed by atoms with Gasteiger partial charge in [0.25, 0.3) is 0 Å². The van der Waals surface area contributed by atoms with Gasteiger partial charge in [-0.2, -0.15) is 0 Å². The molecular formula is C24H18N2.